The third-order valence-corrected chi connectivity index (χ3v) is 2.80. The van der Waals surface area contributed by atoms with E-state index in [-0.39, 0.29) is 0 Å². The predicted octanol–water partition coefficient (Wildman–Crippen LogP) is 4.59. The van der Waals surface area contributed by atoms with Gasteiger partial charge in [-0.05, 0) is 36.1 Å². The van der Waals surface area contributed by atoms with E-state index in [4.69, 9.17) is 9.47 Å². The van der Waals surface area contributed by atoms with Crippen LogP contribution in [0.2, 0.25) is 0 Å². The highest BCUT2D eigenvalue weighted by molar-refractivity contribution is 5.33. The monoisotopic (exact) mass is 272 g/mol. The predicted molar refractivity (Wildman–Crippen MR) is 84.5 cm³/mol. The molecule has 0 saturated carbocycles. The van der Waals surface area contributed by atoms with E-state index in [0.29, 0.717) is 5.92 Å². The first-order valence-corrected chi connectivity index (χ1v) is 6.88. The van der Waals surface area contributed by atoms with Gasteiger partial charge in [0.15, 0.2) is 0 Å². The van der Waals surface area contributed by atoms with E-state index in [2.05, 4.69) is 26.0 Å². The molecule has 2 heteroatoms. The van der Waals surface area contributed by atoms with Gasteiger partial charge in [-0.1, -0.05) is 50.2 Å². The molecule has 2 aromatic carbocycles. The lowest BCUT2D eigenvalue weighted by molar-refractivity contribution is 0.407. The molecule has 0 saturated heterocycles. The zero-order valence-electron chi connectivity index (χ0n) is 12.8. The third kappa shape index (κ3) is 5.79. The summed E-state index contributed by atoms with van der Waals surface area (Å²) in [5.74, 6) is 2.60. The van der Waals surface area contributed by atoms with Crippen LogP contribution in [0.4, 0.5) is 0 Å². The second kappa shape index (κ2) is 9.03. The molecule has 0 atom stereocenters. The quantitative estimate of drug-likeness (QED) is 0.810. The van der Waals surface area contributed by atoms with E-state index < -0.39 is 0 Å². The molecule has 108 valence electrons. The molecule has 0 aliphatic carbocycles. The molecule has 2 nitrogen and oxygen atoms in total. The van der Waals surface area contributed by atoms with Crippen LogP contribution in [0, 0.1) is 5.92 Å². The van der Waals surface area contributed by atoms with Crippen LogP contribution in [0.25, 0.3) is 0 Å². The van der Waals surface area contributed by atoms with Gasteiger partial charge in [0.1, 0.15) is 11.5 Å². The first-order chi connectivity index (χ1) is 9.67. The number of benzene rings is 2. The summed E-state index contributed by atoms with van der Waals surface area (Å²) >= 11 is 0. The molecule has 0 heterocycles. The van der Waals surface area contributed by atoms with Gasteiger partial charge in [-0.3, -0.25) is 0 Å². The van der Waals surface area contributed by atoms with Crippen molar-refractivity contribution in [2.45, 2.75) is 20.3 Å². The van der Waals surface area contributed by atoms with Crippen molar-refractivity contribution in [2.24, 2.45) is 5.92 Å². The van der Waals surface area contributed by atoms with Crippen LogP contribution in [-0.4, -0.2) is 14.2 Å². The summed E-state index contributed by atoms with van der Waals surface area (Å²) in [6, 6.07) is 17.9. The molecule has 0 N–H and O–H groups in total. The molecule has 0 amide bonds. The average molecular weight is 272 g/mol. The minimum Gasteiger partial charge on any atom is -0.497 e. The lowest BCUT2D eigenvalue weighted by atomic mass is 10.0. The maximum atomic E-state index is 5.25. The summed E-state index contributed by atoms with van der Waals surface area (Å²) in [6.45, 7) is 4.43. The Kier molecular flexibility index (Phi) is 7.26. The maximum absolute atomic E-state index is 5.25. The molecule has 0 aromatic heterocycles. The maximum Gasteiger partial charge on any atom is 0.122 e. The van der Waals surface area contributed by atoms with Gasteiger partial charge in [0, 0.05) is 0 Å². The van der Waals surface area contributed by atoms with E-state index in [9.17, 15) is 0 Å². The summed E-state index contributed by atoms with van der Waals surface area (Å²) in [4.78, 5) is 0. The van der Waals surface area contributed by atoms with Gasteiger partial charge < -0.3 is 9.47 Å². The van der Waals surface area contributed by atoms with Crippen molar-refractivity contribution in [3.63, 3.8) is 0 Å². The largest absolute Gasteiger partial charge is 0.497 e. The molecule has 0 radical (unpaired) electrons. The highest BCUT2D eigenvalue weighted by Gasteiger charge is 2.02. The molecule has 0 aliphatic rings. The Labute approximate surface area is 122 Å². The second-order valence-corrected chi connectivity index (χ2v) is 4.93. The molecule has 0 bridgehead atoms. The van der Waals surface area contributed by atoms with E-state index in [1.54, 1.807) is 14.2 Å². The zero-order chi connectivity index (χ0) is 14.8. The zero-order valence-corrected chi connectivity index (χ0v) is 12.8. The van der Waals surface area contributed by atoms with Gasteiger partial charge in [0.05, 0.1) is 14.2 Å². The van der Waals surface area contributed by atoms with Crippen LogP contribution in [-0.2, 0) is 6.42 Å². The fourth-order valence-electron chi connectivity index (χ4n) is 1.87. The summed E-state index contributed by atoms with van der Waals surface area (Å²) in [5, 5.41) is 0. The van der Waals surface area contributed by atoms with Gasteiger partial charge in [0.2, 0.25) is 0 Å². The van der Waals surface area contributed by atoms with Gasteiger partial charge in [-0.15, -0.1) is 0 Å². The number of hydrogen-bond acceptors (Lipinski definition) is 2. The van der Waals surface area contributed by atoms with Crippen molar-refractivity contribution in [1.82, 2.24) is 0 Å². The number of ether oxygens (including phenoxy) is 2. The molecule has 2 rings (SSSR count). The number of para-hydroxylation sites is 2. The first kappa shape index (κ1) is 16.1. The normalized spacial score (nSPS) is 9.65. The molecular weight excluding hydrogens is 248 g/mol. The molecule has 20 heavy (non-hydrogen) atoms. The molecule has 0 fully saturated rings. The topological polar surface area (TPSA) is 18.5 Å². The minimum absolute atomic E-state index is 0.682. The molecule has 0 spiro atoms. The molecule has 2 aromatic rings. The van der Waals surface area contributed by atoms with Crippen molar-refractivity contribution < 1.29 is 9.47 Å². The molecular formula is C18H24O2. The third-order valence-electron chi connectivity index (χ3n) is 2.80. The van der Waals surface area contributed by atoms with Gasteiger partial charge in [0.25, 0.3) is 0 Å². The summed E-state index contributed by atoms with van der Waals surface area (Å²) in [5.41, 5.74) is 1.30. The van der Waals surface area contributed by atoms with Gasteiger partial charge in [-0.2, -0.15) is 0 Å². The van der Waals surface area contributed by atoms with Crippen LogP contribution in [0.5, 0.6) is 11.5 Å². The summed E-state index contributed by atoms with van der Waals surface area (Å²) < 4.78 is 10.2. The van der Waals surface area contributed by atoms with Crippen LogP contribution >= 0.6 is 0 Å². The molecule has 0 unspecified atom stereocenters. The minimum atomic E-state index is 0.682. The number of hydrogen-bond donors (Lipinski definition) is 0. The lowest BCUT2D eigenvalue weighted by Gasteiger charge is -2.09. The average Bonchev–Trinajstić information content (AvgIpc) is 2.49. The Morgan fingerprint density at radius 2 is 1.40 bits per heavy atom. The van der Waals surface area contributed by atoms with Crippen LogP contribution in [0.1, 0.15) is 19.4 Å². The van der Waals surface area contributed by atoms with Gasteiger partial charge in [-0.25, -0.2) is 0 Å². The van der Waals surface area contributed by atoms with Crippen molar-refractivity contribution >= 4 is 0 Å². The SMILES string of the molecule is COc1ccccc1.COc1ccccc1CC(C)C. The smallest absolute Gasteiger partial charge is 0.122 e. The number of rotatable bonds is 4. The highest BCUT2D eigenvalue weighted by atomic mass is 16.5. The van der Waals surface area contributed by atoms with Crippen molar-refractivity contribution in [2.75, 3.05) is 14.2 Å². The van der Waals surface area contributed by atoms with Crippen LogP contribution in [0.15, 0.2) is 54.6 Å². The fraction of sp³-hybridized carbons (Fsp3) is 0.333. The number of methoxy groups -OCH3 is 2. The van der Waals surface area contributed by atoms with E-state index in [1.807, 2.05) is 42.5 Å². The second-order valence-electron chi connectivity index (χ2n) is 4.93. The van der Waals surface area contributed by atoms with Gasteiger partial charge >= 0.3 is 0 Å². The lowest BCUT2D eigenvalue weighted by Crippen LogP contribution is -1.97. The standard InChI is InChI=1S/C11H16O.C7H8O/c1-9(2)8-10-6-4-5-7-11(10)12-3;1-8-7-5-3-2-4-6-7/h4-7,9H,8H2,1-3H3;2-6H,1H3. The van der Waals surface area contributed by atoms with Crippen molar-refractivity contribution in [3.05, 3.63) is 60.2 Å². The summed E-state index contributed by atoms with van der Waals surface area (Å²) in [6.07, 6.45) is 1.09. The molecule has 0 aliphatic heterocycles. The van der Waals surface area contributed by atoms with Crippen LogP contribution < -0.4 is 9.47 Å². The Morgan fingerprint density at radius 1 is 0.800 bits per heavy atom. The van der Waals surface area contributed by atoms with E-state index in [0.717, 1.165) is 17.9 Å². The Morgan fingerprint density at radius 3 is 1.90 bits per heavy atom. The first-order valence-electron chi connectivity index (χ1n) is 6.88. The van der Waals surface area contributed by atoms with Crippen molar-refractivity contribution in [1.29, 1.82) is 0 Å². The summed E-state index contributed by atoms with van der Waals surface area (Å²) in [7, 11) is 3.38. The van der Waals surface area contributed by atoms with Crippen LogP contribution in [0.3, 0.4) is 0 Å². The fourth-order valence-corrected chi connectivity index (χ4v) is 1.87. The highest BCUT2D eigenvalue weighted by Crippen LogP contribution is 2.20. The van der Waals surface area contributed by atoms with Crippen molar-refractivity contribution in [3.8, 4) is 11.5 Å². The van der Waals surface area contributed by atoms with E-state index >= 15 is 0 Å². The Balaban J connectivity index is 0.000000217. The Bertz CT molecular complexity index is 478. The van der Waals surface area contributed by atoms with E-state index in [1.165, 1.54) is 5.56 Å². The Hall–Kier alpha value is -1.96.